The van der Waals surface area contributed by atoms with Crippen LogP contribution in [0.25, 0.3) is 11.1 Å². The zero-order chi connectivity index (χ0) is 16.4. The molecule has 120 valence electrons. The lowest BCUT2D eigenvalue weighted by molar-refractivity contribution is 0.313. The van der Waals surface area contributed by atoms with Gasteiger partial charge in [-0.25, -0.2) is 4.98 Å². The Labute approximate surface area is 137 Å². The van der Waals surface area contributed by atoms with Gasteiger partial charge < -0.3 is 20.9 Å². The SMILES string of the molecule is CC(=N)c1cc(-c2ccc(N3CCN(C)CC3)cc2)cnc1N. The number of anilines is 2. The van der Waals surface area contributed by atoms with E-state index in [-0.39, 0.29) is 0 Å². The molecule has 3 rings (SSSR count). The maximum absolute atomic E-state index is 7.79. The van der Waals surface area contributed by atoms with Crippen molar-refractivity contribution in [3.05, 3.63) is 42.1 Å². The van der Waals surface area contributed by atoms with Gasteiger partial charge >= 0.3 is 0 Å². The molecule has 0 atom stereocenters. The molecule has 0 spiro atoms. The summed E-state index contributed by atoms with van der Waals surface area (Å²) >= 11 is 0. The molecular weight excluding hydrogens is 286 g/mol. The Morgan fingerprint density at radius 2 is 1.74 bits per heavy atom. The van der Waals surface area contributed by atoms with Gasteiger partial charge in [0.25, 0.3) is 0 Å². The van der Waals surface area contributed by atoms with E-state index in [0.717, 1.165) is 37.3 Å². The number of aromatic nitrogens is 1. The van der Waals surface area contributed by atoms with Gasteiger partial charge in [0.15, 0.2) is 0 Å². The fourth-order valence-corrected chi connectivity index (χ4v) is 2.86. The Kier molecular flexibility index (Phi) is 4.30. The van der Waals surface area contributed by atoms with E-state index in [1.54, 1.807) is 13.1 Å². The molecule has 0 aliphatic carbocycles. The highest BCUT2D eigenvalue weighted by molar-refractivity contribution is 6.01. The van der Waals surface area contributed by atoms with Crippen molar-refractivity contribution in [2.24, 2.45) is 0 Å². The summed E-state index contributed by atoms with van der Waals surface area (Å²) in [5.74, 6) is 0.412. The van der Waals surface area contributed by atoms with Gasteiger partial charge in [-0.2, -0.15) is 0 Å². The number of hydrogen-bond donors (Lipinski definition) is 2. The summed E-state index contributed by atoms with van der Waals surface area (Å²) in [5.41, 5.74) is 10.3. The lowest BCUT2D eigenvalue weighted by Crippen LogP contribution is -2.44. The average molecular weight is 309 g/mol. The van der Waals surface area contributed by atoms with Crippen LogP contribution < -0.4 is 10.6 Å². The van der Waals surface area contributed by atoms with E-state index < -0.39 is 0 Å². The number of nitrogens with two attached hydrogens (primary N) is 1. The molecule has 0 bridgehead atoms. The number of piperazine rings is 1. The Balaban J connectivity index is 1.82. The normalized spacial score (nSPS) is 15.7. The molecule has 0 saturated carbocycles. The van der Waals surface area contributed by atoms with E-state index in [1.165, 1.54) is 5.69 Å². The first-order chi connectivity index (χ1) is 11.0. The molecular formula is C18H23N5. The first kappa shape index (κ1) is 15.5. The monoisotopic (exact) mass is 309 g/mol. The van der Waals surface area contributed by atoms with Gasteiger partial charge in [0.2, 0.25) is 0 Å². The van der Waals surface area contributed by atoms with E-state index in [9.17, 15) is 0 Å². The summed E-state index contributed by atoms with van der Waals surface area (Å²) in [6.45, 7) is 6.07. The van der Waals surface area contributed by atoms with Gasteiger partial charge in [-0.05, 0) is 37.7 Å². The first-order valence-electron chi connectivity index (χ1n) is 7.89. The second-order valence-electron chi connectivity index (χ2n) is 6.12. The number of nitrogens with one attached hydrogen (secondary N) is 1. The van der Waals surface area contributed by atoms with Crippen LogP contribution in [-0.4, -0.2) is 48.8 Å². The van der Waals surface area contributed by atoms with Crippen LogP contribution in [0.4, 0.5) is 11.5 Å². The molecule has 0 unspecified atom stereocenters. The quantitative estimate of drug-likeness (QED) is 0.855. The van der Waals surface area contributed by atoms with Gasteiger partial charge in [-0.15, -0.1) is 0 Å². The summed E-state index contributed by atoms with van der Waals surface area (Å²) in [5, 5.41) is 7.79. The number of nitrogens with zero attached hydrogens (tertiary/aromatic N) is 3. The van der Waals surface area contributed by atoms with Crippen LogP contribution >= 0.6 is 0 Å². The number of hydrogen-bond acceptors (Lipinski definition) is 5. The molecule has 5 heteroatoms. The fourth-order valence-electron chi connectivity index (χ4n) is 2.86. The van der Waals surface area contributed by atoms with Crippen molar-refractivity contribution < 1.29 is 0 Å². The Bertz CT molecular complexity index is 700. The maximum atomic E-state index is 7.79. The summed E-state index contributed by atoms with van der Waals surface area (Å²) in [7, 11) is 2.16. The van der Waals surface area contributed by atoms with Crippen LogP contribution in [0.5, 0.6) is 0 Å². The van der Waals surface area contributed by atoms with Crippen LogP contribution in [0.15, 0.2) is 36.5 Å². The van der Waals surface area contributed by atoms with Crippen LogP contribution in [-0.2, 0) is 0 Å². The second kappa shape index (κ2) is 6.38. The van der Waals surface area contributed by atoms with Crippen molar-refractivity contribution in [2.45, 2.75) is 6.92 Å². The molecule has 1 saturated heterocycles. The van der Waals surface area contributed by atoms with Crippen molar-refractivity contribution in [3.8, 4) is 11.1 Å². The average Bonchev–Trinajstić information content (AvgIpc) is 2.56. The Morgan fingerprint density at radius 3 is 2.35 bits per heavy atom. The van der Waals surface area contributed by atoms with Crippen molar-refractivity contribution in [3.63, 3.8) is 0 Å². The van der Waals surface area contributed by atoms with Crippen LogP contribution in [0.1, 0.15) is 12.5 Å². The van der Waals surface area contributed by atoms with Gasteiger partial charge in [-0.3, -0.25) is 0 Å². The fraction of sp³-hybridized carbons (Fsp3) is 0.333. The van der Waals surface area contributed by atoms with Crippen LogP contribution in [0.2, 0.25) is 0 Å². The third-order valence-electron chi connectivity index (χ3n) is 4.39. The highest BCUT2D eigenvalue weighted by Crippen LogP contribution is 2.25. The van der Waals surface area contributed by atoms with E-state index in [0.29, 0.717) is 17.1 Å². The zero-order valence-electron chi connectivity index (χ0n) is 13.7. The number of likely N-dealkylation sites (N-methyl/N-ethyl adjacent to an activating group) is 1. The largest absolute Gasteiger partial charge is 0.383 e. The molecule has 1 aliphatic heterocycles. The Hall–Kier alpha value is -2.40. The molecule has 23 heavy (non-hydrogen) atoms. The first-order valence-corrected chi connectivity index (χ1v) is 7.89. The molecule has 0 amide bonds. The van der Waals surface area contributed by atoms with Crippen molar-refractivity contribution in [1.82, 2.24) is 9.88 Å². The zero-order valence-corrected chi connectivity index (χ0v) is 13.7. The Morgan fingerprint density at radius 1 is 1.09 bits per heavy atom. The molecule has 0 radical (unpaired) electrons. The van der Waals surface area contributed by atoms with E-state index in [4.69, 9.17) is 11.1 Å². The van der Waals surface area contributed by atoms with Gasteiger partial charge in [0.1, 0.15) is 5.82 Å². The van der Waals surface area contributed by atoms with E-state index in [2.05, 4.69) is 46.1 Å². The molecule has 1 aromatic heterocycles. The van der Waals surface area contributed by atoms with Gasteiger partial charge in [0.05, 0.1) is 0 Å². The summed E-state index contributed by atoms with van der Waals surface area (Å²) < 4.78 is 0. The predicted molar refractivity (Wildman–Crippen MR) is 96.3 cm³/mol. The lowest BCUT2D eigenvalue weighted by atomic mass is 10.0. The number of pyridine rings is 1. The van der Waals surface area contributed by atoms with E-state index in [1.807, 2.05) is 6.07 Å². The smallest absolute Gasteiger partial charge is 0.132 e. The standard InChI is InChI=1S/C18H23N5/c1-13(19)17-11-15(12-21-18(17)20)14-3-5-16(6-4-14)23-9-7-22(2)8-10-23/h3-6,11-12,19H,7-10H2,1-2H3,(H2,20,21). The summed E-state index contributed by atoms with van der Waals surface area (Å²) in [6, 6.07) is 10.5. The van der Waals surface area contributed by atoms with Crippen LogP contribution in [0, 0.1) is 5.41 Å². The minimum absolute atomic E-state index is 0.412. The molecule has 5 nitrogen and oxygen atoms in total. The maximum Gasteiger partial charge on any atom is 0.132 e. The van der Waals surface area contributed by atoms with Crippen LogP contribution in [0.3, 0.4) is 0 Å². The third kappa shape index (κ3) is 3.35. The van der Waals surface area contributed by atoms with E-state index >= 15 is 0 Å². The summed E-state index contributed by atoms with van der Waals surface area (Å²) in [6.07, 6.45) is 1.77. The van der Waals surface area contributed by atoms with Crippen molar-refractivity contribution >= 4 is 17.2 Å². The highest BCUT2D eigenvalue weighted by Gasteiger charge is 2.14. The predicted octanol–water partition coefficient (Wildman–Crippen LogP) is 2.47. The minimum atomic E-state index is 0.412. The molecule has 1 fully saturated rings. The lowest BCUT2D eigenvalue weighted by Gasteiger charge is -2.34. The topological polar surface area (TPSA) is 69.2 Å². The molecule has 1 aliphatic rings. The number of rotatable bonds is 3. The van der Waals surface area contributed by atoms with Gasteiger partial charge in [-0.1, -0.05) is 12.1 Å². The summed E-state index contributed by atoms with van der Waals surface area (Å²) in [4.78, 5) is 8.99. The third-order valence-corrected chi connectivity index (χ3v) is 4.39. The molecule has 3 N–H and O–H groups in total. The van der Waals surface area contributed by atoms with Crippen molar-refractivity contribution in [1.29, 1.82) is 5.41 Å². The minimum Gasteiger partial charge on any atom is -0.383 e. The van der Waals surface area contributed by atoms with Crippen molar-refractivity contribution in [2.75, 3.05) is 43.9 Å². The molecule has 1 aromatic carbocycles. The molecule has 2 heterocycles. The second-order valence-corrected chi connectivity index (χ2v) is 6.12. The number of benzene rings is 1. The molecule has 2 aromatic rings. The van der Waals surface area contributed by atoms with Gasteiger partial charge in [0, 0.05) is 54.9 Å². The highest BCUT2D eigenvalue weighted by atomic mass is 15.2. The number of nitrogen functional groups attached to an aromatic ring is 1.